The van der Waals surface area contributed by atoms with Crippen molar-refractivity contribution in [3.8, 4) is 33.8 Å². The number of hydrogen-bond donors (Lipinski definition) is 2. The molecular weight excluding hydrogens is 831 g/mol. The first-order valence-electron chi connectivity index (χ1n) is 20.2. The molecule has 0 fully saturated rings. The number of fused-ring (bicyclic) bond motifs is 3. The zero-order chi connectivity index (χ0) is 44.1. The van der Waals surface area contributed by atoms with Crippen molar-refractivity contribution in [1.29, 1.82) is 0 Å². The lowest BCUT2D eigenvalue weighted by Gasteiger charge is -2.15. The highest BCUT2D eigenvalue weighted by atomic mass is 35.5. The van der Waals surface area contributed by atoms with E-state index in [0.717, 1.165) is 94.9 Å². The average Bonchev–Trinajstić information content (AvgIpc) is 3.27. The first kappa shape index (κ1) is 44.1. The lowest BCUT2D eigenvalue weighted by atomic mass is 9.98. The Morgan fingerprint density at radius 1 is 0.500 bits per heavy atom. The van der Waals surface area contributed by atoms with Crippen LogP contribution in [0.25, 0.3) is 66.5 Å². The van der Waals surface area contributed by atoms with E-state index in [1.807, 2.05) is 142 Å². The molecule has 2 unspecified atom stereocenters. The van der Waals surface area contributed by atoms with Gasteiger partial charge in [0.2, 0.25) is 0 Å². The molecule has 2 atom stereocenters. The number of aldehydes is 1. The van der Waals surface area contributed by atoms with Crippen LogP contribution in [0.5, 0.6) is 0 Å². The number of rotatable bonds is 6. The van der Waals surface area contributed by atoms with Crippen molar-refractivity contribution in [3.63, 3.8) is 0 Å². The Bertz CT molecular complexity index is 2950. The zero-order valence-corrected chi connectivity index (χ0v) is 37.3. The summed E-state index contributed by atoms with van der Waals surface area (Å²) >= 11 is 18.9. The second-order valence-corrected chi connectivity index (χ2v) is 16.5. The van der Waals surface area contributed by atoms with Gasteiger partial charge in [-0.1, -0.05) is 144 Å². The standard InChI is InChI=1S/C18H17ClN2.C18H16ClNO.C17H12ClNO/c1-11-6-5-7-13-10-15(12(2)20)18(21-17(11)13)14-8-3-4-9-16(14)19;1-11-6-5-7-13-10-15(12(2)21)18(20-17(11)13)14-8-3-4-9-16(14)19;1-11-5-4-6-12-9-13(10-20)17(19-16(11)12)14-7-2-3-8-15(14)18/h3-10,12H,20H2,1-2H3;3-10,12,21H,1-2H3;2-10H,1H3. The third-order valence-electron chi connectivity index (χ3n) is 10.7. The van der Waals surface area contributed by atoms with E-state index in [-0.39, 0.29) is 6.04 Å². The van der Waals surface area contributed by atoms with Crippen LogP contribution < -0.4 is 5.73 Å². The molecule has 0 aliphatic rings. The molecule has 9 aromatic rings. The maximum atomic E-state index is 11.4. The summed E-state index contributed by atoms with van der Waals surface area (Å²) in [5, 5.41) is 15.1. The van der Waals surface area contributed by atoms with E-state index in [1.54, 1.807) is 13.0 Å². The number of halogens is 3. The van der Waals surface area contributed by atoms with Gasteiger partial charge in [0.25, 0.3) is 0 Å². The monoisotopic (exact) mass is 874 g/mol. The van der Waals surface area contributed by atoms with Crippen molar-refractivity contribution < 1.29 is 9.90 Å². The molecule has 0 saturated heterocycles. The highest BCUT2D eigenvalue weighted by molar-refractivity contribution is 6.34. The molecule has 3 aromatic heterocycles. The zero-order valence-electron chi connectivity index (χ0n) is 35.0. The van der Waals surface area contributed by atoms with Crippen LogP contribution in [-0.4, -0.2) is 26.3 Å². The van der Waals surface area contributed by atoms with Crippen LogP contribution in [0.15, 0.2) is 146 Å². The molecule has 0 spiro atoms. The largest absolute Gasteiger partial charge is 0.389 e. The minimum Gasteiger partial charge on any atom is -0.389 e. The summed E-state index contributed by atoms with van der Waals surface area (Å²) in [5.74, 6) is 0. The molecule has 62 heavy (non-hydrogen) atoms. The highest BCUT2D eigenvalue weighted by Gasteiger charge is 2.18. The molecule has 6 nitrogen and oxygen atoms in total. The van der Waals surface area contributed by atoms with E-state index < -0.39 is 6.10 Å². The maximum absolute atomic E-state index is 11.4. The van der Waals surface area contributed by atoms with Crippen LogP contribution in [0.2, 0.25) is 15.1 Å². The third kappa shape index (κ3) is 9.41. The predicted octanol–water partition coefficient (Wildman–Crippen LogP) is 14.5. The Hall–Kier alpha value is -5.99. The molecule has 3 heterocycles. The number of pyridine rings is 3. The minimum absolute atomic E-state index is 0.103. The Labute approximate surface area is 377 Å². The summed E-state index contributed by atoms with van der Waals surface area (Å²) < 4.78 is 0. The molecule has 0 radical (unpaired) electrons. The summed E-state index contributed by atoms with van der Waals surface area (Å²) in [6, 6.07) is 46.8. The van der Waals surface area contributed by atoms with Crippen LogP contribution in [0, 0.1) is 20.8 Å². The Morgan fingerprint density at radius 2 is 0.855 bits per heavy atom. The van der Waals surface area contributed by atoms with Gasteiger partial charge in [-0.2, -0.15) is 0 Å². The smallest absolute Gasteiger partial charge is 0.152 e. The fourth-order valence-corrected chi connectivity index (χ4v) is 8.13. The van der Waals surface area contributed by atoms with Crippen molar-refractivity contribution in [3.05, 3.63) is 194 Å². The fourth-order valence-electron chi connectivity index (χ4n) is 7.45. The van der Waals surface area contributed by atoms with Crippen LogP contribution in [0.4, 0.5) is 0 Å². The average molecular weight is 876 g/mol. The second-order valence-electron chi connectivity index (χ2n) is 15.2. The molecule has 3 N–H and O–H groups in total. The van der Waals surface area contributed by atoms with Crippen LogP contribution in [0.3, 0.4) is 0 Å². The van der Waals surface area contributed by atoms with Crippen molar-refractivity contribution in [2.24, 2.45) is 5.73 Å². The maximum Gasteiger partial charge on any atom is 0.152 e. The van der Waals surface area contributed by atoms with Gasteiger partial charge in [0.1, 0.15) is 0 Å². The normalized spacial score (nSPS) is 12.0. The Kier molecular flexibility index (Phi) is 13.8. The van der Waals surface area contributed by atoms with Crippen molar-refractivity contribution >= 4 is 73.8 Å². The number of aliphatic hydroxyl groups excluding tert-OH is 1. The van der Waals surface area contributed by atoms with Gasteiger partial charge in [-0.05, 0) is 93.3 Å². The van der Waals surface area contributed by atoms with Gasteiger partial charge in [0, 0.05) is 65.1 Å². The molecule has 310 valence electrons. The Balaban J connectivity index is 0.000000140. The lowest BCUT2D eigenvalue weighted by molar-refractivity contribution is 0.112. The van der Waals surface area contributed by atoms with Crippen LogP contribution in [0.1, 0.15) is 64.2 Å². The van der Waals surface area contributed by atoms with E-state index in [0.29, 0.717) is 26.3 Å². The molecule has 6 aromatic carbocycles. The number of aliphatic hydroxyl groups is 1. The van der Waals surface area contributed by atoms with E-state index in [1.165, 1.54) is 0 Å². The van der Waals surface area contributed by atoms with E-state index in [9.17, 15) is 9.90 Å². The molecule has 0 saturated carbocycles. The summed E-state index contributed by atoms with van der Waals surface area (Å²) in [6.07, 6.45) is 0.224. The van der Waals surface area contributed by atoms with Gasteiger partial charge in [-0.15, -0.1) is 0 Å². The summed E-state index contributed by atoms with van der Waals surface area (Å²) in [6.45, 7) is 9.83. The molecule has 0 aliphatic carbocycles. The Morgan fingerprint density at radius 3 is 1.24 bits per heavy atom. The first-order chi connectivity index (χ1) is 29.9. The van der Waals surface area contributed by atoms with E-state index >= 15 is 0 Å². The molecule has 9 heteroatoms. The number of nitrogens with zero attached hydrogens (tertiary/aromatic N) is 3. The molecular formula is C53H45Cl3N4O2. The van der Waals surface area contributed by atoms with Gasteiger partial charge >= 0.3 is 0 Å². The van der Waals surface area contributed by atoms with Crippen molar-refractivity contribution in [2.45, 2.75) is 46.8 Å². The first-order valence-corrected chi connectivity index (χ1v) is 21.3. The van der Waals surface area contributed by atoms with Crippen LogP contribution in [-0.2, 0) is 0 Å². The number of aromatic nitrogens is 3. The van der Waals surface area contributed by atoms with E-state index in [2.05, 4.69) is 30.1 Å². The second kappa shape index (κ2) is 19.4. The van der Waals surface area contributed by atoms with Crippen LogP contribution >= 0.6 is 34.8 Å². The number of hydrogen-bond acceptors (Lipinski definition) is 6. The number of carbonyl (C=O) groups excluding carboxylic acids is 1. The lowest BCUT2D eigenvalue weighted by Crippen LogP contribution is -2.08. The topological polar surface area (TPSA) is 102 Å². The van der Waals surface area contributed by atoms with Gasteiger partial charge in [-0.25, -0.2) is 15.0 Å². The molecule has 9 rings (SSSR count). The van der Waals surface area contributed by atoms with E-state index in [4.69, 9.17) is 50.5 Å². The number of aryl methyl sites for hydroxylation is 3. The number of carbonyl (C=O) groups is 1. The molecule has 0 bridgehead atoms. The number of para-hydroxylation sites is 3. The fraction of sp³-hybridized carbons (Fsp3) is 0.132. The highest BCUT2D eigenvalue weighted by Crippen LogP contribution is 2.36. The van der Waals surface area contributed by atoms with Crippen molar-refractivity contribution in [2.75, 3.05) is 0 Å². The quantitative estimate of drug-likeness (QED) is 0.161. The minimum atomic E-state index is -0.603. The SMILES string of the molecule is Cc1cccc2cc(C(C)N)c(-c3ccccc3Cl)nc12.Cc1cccc2cc(C(C)O)c(-c3ccccc3Cl)nc12.Cc1cccc2cc(C=O)c(-c3ccccc3Cl)nc12. The molecule has 0 aliphatic heterocycles. The van der Waals surface area contributed by atoms with Gasteiger partial charge in [0.15, 0.2) is 6.29 Å². The summed E-state index contributed by atoms with van der Waals surface area (Å²) in [4.78, 5) is 25.7. The summed E-state index contributed by atoms with van der Waals surface area (Å²) in [5.41, 5.74) is 19.5. The van der Waals surface area contributed by atoms with Gasteiger partial charge < -0.3 is 10.8 Å². The number of nitrogens with two attached hydrogens (primary N) is 1. The van der Waals surface area contributed by atoms with Gasteiger partial charge in [0.05, 0.1) is 39.7 Å². The molecule has 0 amide bonds. The summed E-state index contributed by atoms with van der Waals surface area (Å²) in [7, 11) is 0. The van der Waals surface area contributed by atoms with Crippen molar-refractivity contribution in [1.82, 2.24) is 15.0 Å². The third-order valence-corrected chi connectivity index (χ3v) is 11.7. The van der Waals surface area contributed by atoms with Gasteiger partial charge in [-0.3, -0.25) is 4.79 Å². The number of benzene rings is 6. The predicted molar refractivity (Wildman–Crippen MR) is 259 cm³/mol.